The molecule has 0 spiro atoms. The molecule has 1 aromatic carbocycles. The number of aromatic nitrogens is 1. The first kappa shape index (κ1) is 10.4. The number of hydrogen-bond acceptors (Lipinski definition) is 2. The highest BCUT2D eigenvalue weighted by Gasteiger charge is 2.19. The van der Waals surface area contributed by atoms with Crippen LogP contribution in [0.2, 0.25) is 0 Å². The zero-order valence-electron chi connectivity index (χ0n) is 9.49. The molecular formula is C13H15N3O. The normalized spacial score (nSPS) is 19.0. The number of carbonyl (C=O) groups is 1. The topological polar surface area (TPSA) is 70.9 Å². The molecule has 2 aromatic rings. The number of benzene rings is 1. The molecule has 0 bridgehead atoms. The first-order valence-electron chi connectivity index (χ1n) is 5.87. The predicted molar refractivity (Wildman–Crippen MR) is 68.0 cm³/mol. The largest absolute Gasteiger partial charge is 0.358 e. The third-order valence-electron chi connectivity index (χ3n) is 3.45. The van der Waals surface area contributed by atoms with Crippen molar-refractivity contribution >= 4 is 23.0 Å². The Bertz CT molecular complexity index is 573. The maximum atomic E-state index is 10.5. The van der Waals surface area contributed by atoms with Crippen LogP contribution < -0.4 is 11.1 Å². The van der Waals surface area contributed by atoms with Crippen LogP contribution in [0, 0.1) is 0 Å². The second-order valence-electron chi connectivity index (χ2n) is 4.61. The molecule has 1 heterocycles. The van der Waals surface area contributed by atoms with Crippen LogP contribution in [0.3, 0.4) is 0 Å². The quantitative estimate of drug-likeness (QED) is 0.684. The van der Waals surface area contributed by atoms with Gasteiger partial charge in [0.1, 0.15) is 0 Å². The summed E-state index contributed by atoms with van der Waals surface area (Å²) in [6.45, 7) is 0. The Kier molecular flexibility index (Phi) is 2.37. The highest BCUT2D eigenvalue weighted by Crippen LogP contribution is 2.30. The van der Waals surface area contributed by atoms with E-state index < -0.39 is 0 Å². The number of rotatable bonds is 2. The van der Waals surface area contributed by atoms with Crippen LogP contribution in [0.25, 0.3) is 10.9 Å². The van der Waals surface area contributed by atoms with E-state index >= 15 is 0 Å². The standard InChI is InChI=1S/C13H15N3O/c14-8-1-3-12-10(5-8)11-6-9(15-7-17)2-4-13(11)16-12/h2,4,6-8,16H,1,3,5,14H2,(H,15,17). The van der Waals surface area contributed by atoms with E-state index in [4.69, 9.17) is 5.73 Å². The summed E-state index contributed by atoms with van der Waals surface area (Å²) in [4.78, 5) is 13.9. The van der Waals surface area contributed by atoms with E-state index in [1.165, 1.54) is 16.6 Å². The van der Waals surface area contributed by atoms with Gasteiger partial charge in [-0.1, -0.05) is 0 Å². The van der Waals surface area contributed by atoms with Gasteiger partial charge in [0.05, 0.1) is 0 Å². The lowest BCUT2D eigenvalue weighted by Crippen LogP contribution is -2.27. The lowest BCUT2D eigenvalue weighted by Gasteiger charge is -2.18. The van der Waals surface area contributed by atoms with Gasteiger partial charge in [0.25, 0.3) is 0 Å². The van der Waals surface area contributed by atoms with Gasteiger partial charge >= 0.3 is 0 Å². The number of H-pyrrole nitrogens is 1. The van der Waals surface area contributed by atoms with Crippen molar-refractivity contribution < 1.29 is 4.79 Å². The summed E-state index contributed by atoms with van der Waals surface area (Å²) in [5.74, 6) is 0. The molecule has 0 fully saturated rings. The van der Waals surface area contributed by atoms with E-state index in [0.29, 0.717) is 6.41 Å². The molecule has 4 heteroatoms. The Hall–Kier alpha value is -1.81. The molecule has 4 nitrogen and oxygen atoms in total. The van der Waals surface area contributed by atoms with Crippen molar-refractivity contribution in [3.8, 4) is 0 Å². The summed E-state index contributed by atoms with van der Waals surface area (Å²) in [7, 11) is 0. The van der Waals surface area contributed by atoms with Crippen molar-refractivity contribution in [2.75, 3.05) is 5.32 Å². The maximum absolute atomic E-state index is 10.5. The van der Waals surface area contributed by atoms with Crippen molar-refractivity contribution in [3.05, 3.63) is 29.5 Å². The van der Waals surface area contributed by atoms with Crippen molar-refractivity contribution in [2.45, 2.75) is 25.3 Å². The van der Waals surface area contributed by atoms with Crippen LogP contribution in [0.5, 0.6) is 0 Å². The minimum atomic E-state index is 0.254. The summed E-state index contributed by atoms with van der Waals surface area (Å²) >= 11 is 0. The Labute approximate surface area is 99.2 Å². The lowest BCUT2D eigenvalue weighted by molar-refractivity contribution is -0.105. The fourth-order valence-electron chi connectivity index (χ4n) is 2.60. The third-order valence-corrected chi connectivity index (χ3v) is 3.45. The predicted octanol–water partition coefficient (Wildman–Crippen LogP) is 1.55. The lowest BCUT2D eigenvalue weighted by atomic mass is 9.92. The van der Waals surface area contributed by atoms with Crippen LogP contribution in [0.1, 0.15) is 17.7 Å². The van der Waals surface area contributed by atoms with Gasteiger partial charge < -0.3 is 16.0 Å². The molecule has 17 heavy (non-hydrogen) atoms. The van der Waals surface area contributed by atoms with E-state index in [0.717, 1.165) is 30.5 Å². The van der Waals surface area contributed by atoms with Crippen molar-refractivity contribution in [1.29, 1.82) is 0 Å². The number of carbonyl (C=O) groups excluding carboxylic acids is 1. The Morgan fingerprint density at radius 2 is 2.35 bits per heavy atom. The van der Waals surface area contributed by atoms with Crippen molar-refractivity contribution in [2.24, 2.45) is 5.73 Å². The molecule has 1 aliphatic carbocycles. The molecule has 1 aliphatic rings. The van der Waals surface area contributed by atoms with Gasteiger partial charge in [-0.2, -0.15) is 0 Å². The van der Waals surface area contributed by atoms with E-state index in [1.54, 1.807) is 0 Å². The fraction of sp³-hybridized carbons (Fsp3) is 0.308. The van der Waals surface area contributed by atoms with Crippen molar-refractivity contribution in [3.63, 3.8) is 0 Å². The summed E-state index contributed by atoms with van der Waals surface area (Å²) in [5, 5.41) is 3.86. The zero-order valence-corrected chi connectivity index (χ0v) is 9.49. The molecule has 1 aromatic heterocycles. The number of aromatic amines is 1. The van der Waals surface area contributed by atoms with Gasteiger partial charge in [0.15, 0.2) is 0 Å². The minimum Gasteiger partial charge on any atom is -0.358 e. The van der Waals surface area contributed by atoms with Gasteiger partial charge in [-0.25, -0.2) is 0 Å². The van der Waals surface area contributed by atoms with Crippen LogP contribution in [0.4, 0.5) is 5.69 Å². The SMILES string of the molecule is NC1CCc2[nH]c3ccc(NC=O)cc3c2C1. The van der Waals surface area contributed by atoms with Crippen LogP contribution >= 0.6 is 0 Å². The summed E-state index contributed by atoms with van der Waals surface area (Å²) in [5.41, 5.74) is 10.6. The van der Waals surface area contributed by atoms with Gasteiger partial charge in [-0.15, -0.1) is 0 Å². The second-order valence-corrected chi connectivity index (χ2v) is 4.61. The highest BCUT2D eigenvalue weighted by atomic mass is 16.1. The van der Waals surface area contributed by atoms with E-state index in [-0.39, 0.29) is 6.04 Å². The van der Waals surface area contributed by atoms with Gasteiger partial charge in [-0.3, -0.25) is 4.79 Å². The van der Waals surface area contributed by atoms with Gasteiger partial charge in [0.2, 0.25) is 6.41 Å². The fourth-order valence-corrected chi connectivity index (χ4v) is 2.60. The third kappa shape index (κ3) is 1.70. The smallest absolute Gasteiger partial charge is 0.211 e. The molecular weight excluding hydrogens is 214 g/mol. The highest BCUT2D eigenvalue weighted by molar-refractivity contribution is 5.89. The first-order valence-corrected chi connectivity index (χ1v) is 5.87. The van der Waals surface area contributed by atoms with E-state index in [2.05, 4.69) is 10.3 Å². The molecule has 0 aliphatic heterocycles. The number of anilines is 1. The molecule has 0 radical (unpaired) electrons. The molecule has 0 saturated carbocycles. The number of hydrogen-bond donors (Lipinski definition) is 3. The van der Waals surface area contributed by atoms with Crippen LogP contribution in [-0.4, -0.2) is 17.4 Å². The average Bonchev–Trinajstić information content (AvgIpc) is 2.67. The van der Waals surface area contributed by atoms with E-state index in [9.17, 15) is 4.79 Å². The Morgan fingerprint density at radius 3 is 3.18 bits per heavy atom. The number of aryl methyl sites for hydroxylation is 1. The monoisotopic (exact) mass is 229 g/mol. The summed E-state index contributed by atoms with van der Waals surface area (Å²) in [6, 6.07) is 6.17. The average molecular weight is 229 g/mol. The van der Waals surface area contributed by atoms with Gasteiger partial charge in [0, 0.05) is 28.3 Å². The van der Waals surface area contributed by atoms with Gasteiger partial charge in [-0.05, 0) is 43.0 Å². The number of amides is 1. The first-order chi connectivity index (χ1) is 8.28. The number of nitrogens with one attached hydrogen (secondary N) is 2. The summed E-state index contributed by atoms with van der Waals surface area (Å²) < 4.78 is 0. The molecule has 1 amide bonds. The second kappa shape index (κ2) is 3.89. The zero-order chi connectivity index (χ0) is 11.8. The van der Waals surface area contributed by atoms with Crippen LogP contribution in [0.15, 0.2) is 18.2 Å². The van der Waals surface area contributed by atoms with Crippen LogP contribution in [-0.2, 0) is 17.6 Å². The van der Waals surface area contributed by atoms with E-state index in [1.807, 2.05) is 18.2 Å². The molecule has 0 saturated heterocycles. The summed E-state index contributed by atoms with van der Waals surface area (Å²) in [6.07, 6.45) is 3.67. The molecule has 1 unspecified atom stereocenters. The number of nitrogens with two attached hydrogens (primary N) is 1. The minimum absolute atomic E-state index is 0.254. The Morgan fingerprint density at radius 1 is 1.47 bits per heavy atom. The molecule has 1 atom stereocenters. The number of fused-ring (bicyclic) bond motifs is 3. The molecule has 4 N–H and O–H groups in total. The molecule has 3 rings (SSSR count). The van der Waals surface area contributed by atoms with Crippen molar-refractivity contribution in [1.82, 2.24) is 4.98 Å². The maximum Gasteiger partial charge on any atom is 0.211 e. The Balaban J connectivity index is 2.14. The molecule has 88 valence electrons.